The molecule has 1 rings (SSSR count). The van der Waals surface area contributed by atoms with Gasteiger partial charge in [-0.15, -0.1) is 0 Å². The number of benzene rings is 1. The second kappa shape index (κ2) is 9.31. The van der Waals surface area contributed by atoms with Gasteiger partial charge in [0.25, 0.3) is 0 Å². The van der Waals surface area contributed by atoms with Crippen molar-refractivity contribution >= 4 is 12.0 Å². The van der Waals surface area contributed by atoms with Gasteiger partial charge in [-0.1, -0.05) is 19.9 Å². The van der Waals surface area contributed by atoms with Gasteiger partial charge in [-0.25, -0.2) is 13.6 Å². The molecule has 0 saturated carbocycles. The third-order valence-electron chi connectivity index (χ3n) is 3.83. The van der Waals surface area contributed by atoms with Gasteiger partial charge in [-0.3, -0.25) is 4.79 Å². The van der Waals surface area contributed by atoms with Crippen LogP contribution < -0.4 is 10.6 Å². The van der Waals surface area contributed by atoms with E-state index in [1.54, 1.807) is 32.8 Å². The van der Waals surface area contributed by atoms with Crippen LogP contribution in [-0.2, 0) is 9.53 Å². The summed E-state index contributed by atoms with van der Waals surface area (Å²) in [7, 11) is 4.53. The molecule has 0 fully saturated rings. The predicted molar refractivity (Wildman–Crippen MR) is 90.0 cm³/mol. The van der Waals surface area contributed by atoms with Gasteiger partial charge < -0.3 is 20.3 Å². The van der Waals surface area contributed by atoms with Crippen LogP contribution in [0.2, 0.25) is 0 Å². The Morgan fingerprint density at radius 1 is 1.20 bits per heavy atom. The zero-order valence-corrected chi connectivity index (χ0v) is 15.1. The fourth-order valence-corrected chi connectivity index (χ4v) is 2.40. The van der Waals surface area contributed by atoms with Crippen molar-refractivity contribution in [1.82, 2.24) is 15.5 Å². The van der Waals surface area contributed by atoms with Crippen LogP contribution in [0.25, 0.3) is 0 Å². The van der Waals surface area contributed by atoms with Gasteiger partial charge >= 0.3 is 6.09 Å². The molecule has 8 heteroatoms. The van der Waals surface area contributed by atoms with Crippen molar-refractivity contribution in [2.24, 2.45) is 5.92 Å². The summed E-state index contributed by atoms with van der Waals surface area (Å²) in [6.07, 6.45) is -0.724. The van der Waals surface area contributed by atoms with E-state index < -0.39 is 35.7 Å². The van der Waals surface area contributed by atoms with Crippen molar-refractivity contribution in [3.63, 3.8) is 0 Å². The summed E-state index contributed by atoms with van der Waals surface area (Å²) in [4.78, 5) is 25.4. The number of methoxy groups -OCH3 is 1. The van der Waals surface area contributed by atoms with Crippen molar-refractivity contribution in [3.8, 4) is 0 Å². The molecule has 0 bridgehead atoms. The minimum atomic E-state index is -0.819. The Kier molecular flexibility index (Phi) is 7.76. The highest BCUT2D eigenvalue weighted by atomic mass is 19.1. The van der Waals surface area contributed by atoms with Crippen LogP contribution in [0.15, 0.2) is 18.2 Å². The highest BCUT2D eigenvalue weighted by Gasteiger charge is 2.27. The van der Waals surface area contributed by atoms with Crippen LogP contribution in [-0.4, -0.2) is 50.7 Å². The molecular weight excluding hydrogens is 332 g/mol. The van der Waals surface area contributed by atoms with E-state index in [1.165, 1.54) is 25.3 Å². The molecule has 0 spiro atoms. The molecule has 0 aliphatic heterocycles. The third kappa shape index (κ3) is 5.67. The maximum absolute atomic E-state index is 14.0. The molecule has 140 valence electrons. The largest absolute Gasteiger partial charge is 0.453 e. The van der Waals surface area contributed by atoms with E-state index in [0.29, 0.717) is 0 Å². The van der Waals surface area contributed by atoms with Crippen LogP contribution in [0.5, 0.6) is 0 Å². The number of nitrogens with one attached hydrogen (secondary N) is 2. The molecule has 0 radical (unpaired) electrons. The summed E-state index contributed by atoms with van der Waals surface area (Å²) in [5, 5.41) is 5.09. The fraction of sp³-hybridized carbons (Fsp3) is 0.529. The van der Waals surface area contributed by atoms with E-state index in [1.807, 2.05) is 0 Å². The van der Waals surface area contributed by atoms with E-state index in [-0.39, 0.29) is 18.0 Å². The molecule has 0 heterocycles. The predicted octanol–water partition coefficient (Wildman–Crippen LogP) is 2.06. The van der Waals surface area contributed by atoms with Crippen LogP contribution in [0.3, 0.4) is 0 Å². The number of carbonyl (C=O) groups is 2. The van der Waals surface area contributed by atoms with Crippen molar-refractivity contribution < 1.29 is 23.1 Å². The number of hydrogen-bond acceptors (Lipinski definition) is 4. The topological polar surface area (TPSA) is 70.7 Å². The monoisotopic (exact) mass is 357 g/mol. The fourth-order valence-electron chi connectivity index (χ4n) is 2.40. The minimum absolute atomic E-state index is 0.0181. The molecule has 25 heavy (non-hydrogen) atoms. The van der Waals surface area contributed by atoms with Crippen molar-refractivity contribution in [3.05, 3.63) is 35.4 Å². The maximum atomic E-state index is 14.0. The number of carbonyl (C=O) groups excluding carboxylic acids is 2. The number of rotatable bonds is 7. The molecule has 2 atom stereocenters. The number of nitrogens with zero attached hydrogens (tertiary/aromatic N) is 1. The summed E-state index contributed by atoms with van der Waals surface area (Å²) >= 11 is 0. The second-order valence-corrected chi connectivity index (χ2v) is 6.22. The van der Waals surface area contributed by atoms with E-state index in [9.17, 15) is 18.4 Å². The standard InChI is InChI=1S/C17H25F2N3O3/c1-10(2)15(21-17(24)25-5)16(23)20-9-13(22(3)4)14-11(18)7-6-8-12(14)19/h6-8,10,13,15H,9H2,1-5H3,(H,20,23)(H,21,24). The average Bonchev–Trinajstić information content (AvgIpc) is 2.53. The smallest absolute Gasteiger partial charge is 0.407 e. The van der Waals surface area contributed by atoms with Crippen LogP contribution >= 0.6 is 0 Å². The quantitative estimate of drug-likeness (QED) is 0.784. The first-order valence-electron chi connectivity index (χ1n) is 7.91. The number of halogens is 2. The van der Waals surface area contributed by atoms with Gasteiger partial charge in [0, 0.05) is 12.1 Å². The maximum Gasteiger partial charge on any atom is 0.407 e. The molecule has 0 aliphatic carbocycles. The lowest BCUT2D eigenvalue weighted by molar-refractivity contribution is -0.124. The Morgan fingerprint density at radius 3 is 2.20 bits per heavy atom. The first kappa shape index (κ1) is 20.8. The van der Waals surface area contributed by atoms with Gasteiger partial charge in [0.05, 0.1) is 13.2 Å². The molecule has 0 aliphatic rings. The van der Waals surface area contributed by atoms with E-state index >= 15 is 0 Å². The Bertz CT molecular complexity index is 589. The van der Waals surface area contributed by atoms with Gasteiger partial charge in [0.2, 0.25) is 5.91 Å². The molecule has 6 nitrogen and oxygen atoms in total. The molecule has 0 aromatic heterocycles. The zero-order valence-electron chi connectivity index (χ0n) is 15.1. The zero-order chi connectivity index (χ0) is 19.1. The average molecular weight is 357 g/mol. The number of likely N-dealkylation sites (N-methyl/N-ethyl adjacent to an activating group) is 1. The van der Waals surface area contributed by atoms with E-state index in [2.05, 4.69) is 15.4 Å². The second-order valence-electron chi connectivity index (χ2n) is 6.22. The number of ether oxygens (including phenoxy) is 1. The molecule has 2 amide bonds. The van der Waals surface area contributed by atoms with Crippen molar-refractivity contribution in [2.75, 3.05) is 27.7 Å². The van der Waals surface area contributed by atoms with Crippen LogP contribution in [0, 0.1) is 17.6 Å². The summed E-state index contributed by atoms with van der Waals surface area (Å²) in [5.41, 5.74) is -0.116. The Labute approximate surface area is 146 Å². The minimum Gasteiger partial charge on any atom is -0.453 e. The summed E-state index contributed by atoms with van der Waals surface area (Å²) in [6, 6.07) is 2.12. The first-order chi connectivity index (χ1) is 11.7. The highest BCUT2D eigenvalue weighted by molar-refractivity contribution is 5.85. The molecule has 0 saturated heterocycles. The van der Waals surface area contributed by atoms with Gasteiger partial charge in [0.1, 0.15) is 17.7 Å². The summed E-state index contributed by atoms with van der Waals surface area (Å²) in [5.74, 6) is -2.01. The lowest BCUT2D eigenvalue weighted by Crippen LogP contribution is -2.51. The molecule has 2 N–H and O–H groups in total. The van der Waals surface area contributed by atoms with Gasteiger partial charge in [0.15, 0.2) is 0 Å². The Hall–Kier alpha value is -2.22. The van der Waals surface area contributed by atoms with Gasteiger partial charge in [-0.05, 0) is 32.1 Å². The highest BCUT2D eigenvalue weighted by Crippen LogP contribution is 2.24. The Morgan fingerprint density at radius 2 is 1.76 bits per heavy atom. The van der Waals surface area contributed by atoms with Crippen LogP contribution in [0.4, 0.5) is 13.6 Å². The summed E-state index contributed by atoms with van der Waals surface area (Å²) in [6.45, 7) is 3.51. The number of alkyl carbamates (subject to hydrolysis) is 1. The first-order valence-corrected chi connectivity index (χ1v) is 7.91. The van der Waals surface area contributed by atoms with Gasteiger partial charge in [-0.2, -0.15) is 0 Å². The number of hydrogen-bond donors (Lipinski definition) is 2. The molecule has 2 unspecified atom stereocenters. The SMILES string of the molecule is COC(=O)NC(C(=O)NCC(c1c(F)cccc1F)N(C)C)C(C)C. The van der Waals surface area contributed by atoms with Crippen LogP contribution in [0.1, 0.15) is 25.5 Å². The normalized spacial score (nSPS) is 13.5. The Balaban J connectivity index is 2.90. The third-order valence-corrected chi connectivity index (χ3v) is 3.83. The molecular formula is C17H25F2N3O3. The lowest BCUT2D eigenvalue weighted by Gasteiger charge is -2.27. The van der Waals surface area contributed by atoms with Crippen molar-refractivity contribution in [2.45, 2.75) is 25.9 Å². The van der Waals surface area contributed by atoms with Crippen molar-refractivity contribution in [1.29, 1.82) is 0 Å². The molecule has 1 aromatic carbocycles. The lowest BCUT2D eigenvalue weighted by atomic mass is 10.0. The van der Waals surface area contributed by atoms with E-state index in [4.69, 9.17) is 0 Å². The van der Waals surface area contributed by atoms with E-state index in [0.717, 1.165) is 0 Å². The molecule has 1 aromatic rings. The number of amides is 2. The summed E-state index contributed by atoms with van der Waals surface area (Å²) < 4.78 is 32.6.